The maximum atomic E-state index is 13.1. The van der Waals surface area contributed by atoms with Crippen molar-refractivity contribution in [3.63, 3.8) is 0 Å². The van der Waals surface area contributed by atoms with Crippen LogP contribution in [0.25, 0.3) is 0 Å². The lowest BCUT2D eigenvalue weighted by Gasteiger charge is -2.21. The minimum Gasteiger partial charge on any atom is -0.457 e. The second-order valence-electron chi connectivity index (χ2n) is 8.02. The van der Waals surface area contributed by atoms with Crippen LogP contribution in [-0.2, 0) is 11.3 Å². The van der Waals surface area contributed by atoms with Crippen LogP contribution in [0.3, 0.4) is 0 Å². The van der Waals surface area contributed by atoms with Gasteiger partial charge in [0.25, 0.3) is 0 Å². The molecule has 1 aliphatic rings. The van der Waals surface area contributed by atoms with Gasteiger partial charge in [-0.05, 0) is 73.6 Å². The van der Waals surface area contributed by atoms with E-state index in [4.69, 9.17) is 4.74 Å². The minimum absolute atomic E-state index is 0.0197. The van der Waals surface area contributed by atoms with Gasteiger partial charge >= 0.3 is 0 Å². The molecule has 3 aromatic rings. The van der Waals surface area contributed by atoms with Crippen molar-refractivity contribution in [2.45, 2.75) is 13.0 Å². The Morgan fingerprint density at radius 1 is 0.812 bits per heavy atom. The fourth-order valence-electron chi connectivity index (χ4n) is 3.82. The lowest BCUT2D eigenvalue weighted by Crippen LogP contribution is -2.36. The van der Waals surface area contributed by atoms with Crippen molar-refractivity contribution < 1.29 is 13.9 Å². The standard InChI is InChI=1S/C26H28FN3O2/c27-22-9-7-21(8-10-22)19-29-15-4-16-30(18-17-29)20-26(31)28-23-11-13-25(14-12-23)32-24-5-2-1-3-6-24/h1-3,5-14H,4,15-20H2,(H,28,31). The number of nitrogens with one attached hydrogen (secondary N) is 1. The summed E-state index contributed by atoms with van der Waals surface area (Å²) in [5, 5.41) is 2.97. The third kappa shape index (κ3) is 6.64. The molecule has 0 atom stereocenters. The molecular formula is C26H28FN3O2. The number of anilines is 1. The van der Waals surface area contributed by atoms with Gasteiger partial charge in [0.2, 0.25) is 5.91 Å². The van der Waals surface area contributed by atoms with Crippen LogP contribution in [0.4, 0.5) is 10.1 Å². The second-order valence-corrected chi connectivity index (χ2v) is 8.02. The van der Waals surface area contributed by atoms with Crippen molar-refractivity contribution >= 4 is 11.6 Å². The van der Waals surface area contributed by atoms with E-state index in [0.29, 0.717) is 6.54 Å². The number of ether oxygens (including phenoxy) is 1. The van der Waals surface area contributed by atoms with Gasteiger partial charge in [-0.3, -0.25) is 14.6 Å². The van der Waals surface area contributed by atoms with E-state index in [9.17, 15) is 9.18 Å². The van der Waals surface area contributed by atoms with Gasteiger partial charge in [-0.1, -0.05) is 30.3 Å². The highest BCUT2D eigenvalue weighted by Crippen LogP contribution is 2.22. The monoisotopic (exact) mass is 433 g/mol. The number of hydrogen-bond donors (Lipinski definition) is 1. The number of rotatable bonds is 7. The van der Waals surface area contributed by atoms with Crippen LogP contribution >= 0.6 is 0 Å². The van der Waals surface area contributed by atoms with E-state index >= 15 is 0 Å². The van der Waals surface area contributed by atoms with Gasteiger partial charge in [-0.15, -0.1) is 0 Å². The lowest BCUT2D eigenvalue weighted by molar-refractivity contribution is -0.117. The number of carbonyl (C=O) groups excluding carboxylic acids is 1. The van der Waals surface area contributed by atoms with Crippen LogP contribution in [0.1, 0.15) is 12.0 Å². The number of nitrogens with zero attached hydrogens (tertiary/aromatic N) is 2. The Morgan fingerprint density at radius 3 is 2.22 bits per heavy atom. The quantitative estimate of drug-likeness (QED) is 0.583. The topological polar surface area (TPSA) is 44.8 Å². The molecule has 0 unspecified atom stereocenters. The molecule has 1 amide bonds. The fourth-order valence-corrected chi connectivity index (χ4v) is 3.82. The predicted octanol–water partition coefficient (Wildman–Crippen LogP) is 4.76. The van der Waals surface area contributed by atoms with E-state index in [0.717, 1.165) is 61.9 Å². The highest BCUT2D eigenvalue weighted by molar-refractivity contribution is 5.92. The molecule has 1 heterocycles. The average Bonchev–Trinajstić information content (AvgIpc) is 3.02. The predicted molar refractivity (Wildman–Crippen MR) is 124 cm³/mol. The number of benzene rings is 3. The maximum absolute atomic E-state index is 13.1. The first-order valence-electron chi connectivity index (χ1n) is 11.0. The SMILES string of the molecule is O=C(CN1CCCN(Cc2ccc(F)cc2)CC1)Nc1ccc(Oc2ccccc2)cc1. The molecule has 166 valence electrons. The molecule has 1 fully saturated rings. The molecule has 0 aromatic heterocycles. The van der Waals surface area contributed by atoms with E-state index in [1.165, 1.54) is 12.1 Å². The molecule has 4 rings (SSSR count). The van der Waals surface area contributed by atoms with Crippen LogP contribution in [0.2, 0.25) is 0 Å². The Labute approximate surface area is 188 Å². The van der Waals surface area contributed by atoms with Crippen molar-refractivity contribution in [3.05, 3.63) is 90.2 Å². The van der Waals surface area contributed by atoms with Gasteiger partial charge in [0.05, 0.1) is 6.54 Å². The smallest absolute Gasteiger partial charge is 0.238 e. The first kappa shape index (κ1) is 22.0. The molecule has 1 N–H and O–H groups in total. The molecule has 3 aromatic carbocycles. The van der Waals surface area contributed by atoms with E-state index in [1.54, 1.807) is 0 Å². The van der Waals surface area contributed by atoms with Crippen LogP contribution in [0.15, 0.2) is 78.9 Å². The second kappa shape index (κ2) is 10.9. The molecule has 1 saturated heterocycles. The summed E-state index contributed by atoms with van der Waals surface area (Å²) in [7, 11) is 0. The van der Waals surface area contributed by atoms with E-state index in [-0.39, 0.29) is 11.7 Å². The zero-order valence-electron chi connectivity index (χ0n) is 18.0. The maximum Gasteiger partial charge on any atom is 0.238 e. The average molecular weight is 434 g/mol. The van der Waals surface area contributed by atoms with Crippen molar-refractivity contribution in [1.82, 2.24) is 9.80 Å². The Kier molecular flexibility index (Phi) is 7.48. The van der Waals surface area contributed by atoms with Gasteiger partial charge in [-0.25, -0.2) is 4.39 Å². The van der Waals surface area contributed by atoms with Crippen LogP contribution < -0.4 is 10.1 Å². The summed E-state index contributed by atoms with van der Waals surface area (Å²) in [5.74, 6) is 1.27. The summed E-state index contributed by atoms with van der Waals surface area (Å²) < 4.78 is 18.9. The van der Waals surface area contributed by atoms with Crippen molar-refractivity contribution in [2.24, 2.45) is 0 Å². The molecule has 6 heteroatoms. The minimum atomic E-state index is -0.208. The van der Waals surface area contributed by atoms with Gasteiger partial charge in [-0.2, -0.15) is 0 Å². The Morgan fingerprint density at radius 2 is 1.47 bits per heavy atom. The Hall–Kier alpha value is -3.22. The summed E-state index contributed by atoms with van der Waals surface area (Å²) in [6.07, 6.45) is 1.000. The van der Waals surface area contributed by atoms with Gasteiger partial charge < -0.3 is 10.1 Å². The van der Waals surface area contributed by atoms with E-state index in [2.05, 4.69) is 15.1 Å². The zero-order valence-corrected chi connectivity index (χ0v) is 18.0. The van der Waals surface area contributed by atoms with Crippen LogP contribution in [0.5, 0.6) is 11.5 Å². The molecule has 32 heavy (non-hydrogen) atoms. The normalized spacial score (nSPS) is 15.2. The summed E-state index contributed by atoms with van der Waals surface area (Å²) in [5.41, 5.74) is 1.86. The van der Waals surface area contributed by atoms with Gasteiger partial charge in [0.15, 0.2) is 0 Å². The third-order valence-electron chi connectivity index (χ3n) is 5.48. The molecule has 0 spiro atoms. The molecule has 0 radical (unpaired) electrons. The number of halogens is 1. The van der Waals surface area contributed by atoms with Gasteiger partial charge in [0.1, 0.15) is 17.3 Å². The first-order chi connectivity index (χ1) is 15.6. The van der Waals surface area contributed by atoms with Gasteiger partial charge in [0, 0.05) is 25.3 Å². The van der Waals surface area contributed by atoms with Crippen LogP contribution in [-0.4, -0.2) is 48.4 Å². The molecule has 5 nitrogen and oxygen atoms in total. The molecule has 0 saturated carbocycles. The highest BCUT2D eigenvalue weighted by atomic mass is 19.1. The fraction of sp³-hybridized carbons (Fsp3) is 0.269. The summed E-state index contributed by atoms with van der Waals surface area (Å²) in [6.45, 7) is 4.74. The number of hydrogen-bond acceptors (Lipinski definition) is 4. The first-order valence-corrected chi connectivity index (χ1v) is 11.0. The molecule has 0 aliphatic carbocycles. The summed E-state index contributed by atoms with van der Waals surface area (Å²) in [6, 6.07) is 23.7. The van der Waals surface area contributed by atoms with Crippen LogP contribution in [0, 0.1) is 5.82 Å². The number of para-hydroxylation sites is 1. The number of carbonyl (C=O) groups is 1. The van der Waals surface area contributed by atoms with Crippen molar-refractivity contribution in [3.8, 4) is 11.5 Å². The number of amides is 1. The van der Waals surface area contributed by atoms with Crippen molar-refractivity contribution in [2.75, 3.05) is 38.0 Å². The van der Waals surface area contributed by atoms with Crippen molar-refractivity contribution in [1.29, 1.82) is 0 Å². The van der Waals surface area contributed by atoms with E-state index < -0.39 is 0 Å². The molecular weight excluding hydrogens is 405 g/mol. The molecule has 0 bridgehead atoms. The largest absolute Gasteiger partial charge is 0.457 e. The Balaban J connectivity index is 1.23. The van der Waals surface area contributed by atoms with E-state index in [1.807, 2.05) is 66.7 Å². The lowest BCUT2D eigenvalue weighted by atomic mass is 10.2. The zero-order chi connectivity index (χ0) is 22.2. The Bertz CT molecular complexity index is 994. The summed E-state index contributed by atoms with van der Waals surface area (Å²) in [4.78, 5) is 17.1. The summed E-state index contributed by atoms with van der Waals surface area (Å²) >= 11 is 0. The third-order valence-corrected chi connectivity index (χ3v) is 5.48. The molecule has 1 aliphatic heterocycles. The highest BCUT2D eigenvalue weighted by Gasteiger charge is 2.17.